The highest BCUT2D eigenvalue weighted by molar-refractivity contribution is 5.99. The number of hydrogen-bond donors (Lipinski definition) is 3. The molecular weight excluding hydrogens is 388 g/mol. The van der Waals surface area contributed by atoms with Gasteiger partial charge < -0.3 is 10.6 Å². The Hall–Kier alpha value is -3.67. The molecule has 31 heavy (non-hydrogen) atoms. The van der Waals surface area contributed by atoms with Gasteiger partial charge in [-0.1, -0.05) is 36.9 Å². The van der Waals surface area contributed by atoms with Crippen LogP contribution in [-0.2, 0) is 9.59 Å². The van der Waals surface area contributed by atoms with Crippen LogP contribution in [-0.4, -0.2) is 22.0 Å². The maximum absolute atomic E-state index is 12.8. The molecule has 6 nitrogen and oxygen atoms in total. The standard InChI is InChI=1S/C25H26N4O2/c1-4-24(30)26-20-10-11-21(15(2)12-20)19-7-5-6-18(13-19)16(3)25(31)27-23-14-22(28-29-23)17-8-9-17/h4-7,10-14,16-17H,1,8-9H2,2-3H3,(H,26,30)(H2,27,28,29,31). The largest absolute Gasteiger partial charge is 0.323 e. The zero-order valence-electron chi connectivity index (χ0n) is 17.7. The van der Waals surface area contributed by atoms with Gasteiger partial charge >= 0.3 is 0 Å². The number of aromatic nitrogens is 2. The van der Waals surface area contributed by atoms with Gasteiger partial charge in [0.05, 0.1) is 5.92 Å². The quantitative estimate of drug-likeness (QED) is 0.469. The van der Waals surface area contributed by atoms with Gasteiger partial charge in [0.2, 0.25) is 11.8 Å². The second-order valence-electron chi connectivity index (χ2n) is 8.04. The van der Waals surface area contributed by atoms with Crippen molar-refractivity contribution >= 4 is 23.3 Å². The highest BCUT2D eigenvalue weighted by atomic mass is 16.2. The van der Waals surface area contributed by atoms with Crippen LogP contribution in [0.2, 0.25) is 0 Å². The fourth-order valence-electron chi connectivity index (χ4n) is 3.62. The van der Waals surface area contributed by atoms with Crippen LogP contribution in [0.4, 0.5) is 11.5 Å². The summed E-state index contributed by atoms with van der Waals surface area (Å²) in [5.41, 5.74) is 5.84. The topological polar surface area (TPSA) is 86.9 Å². The lowest BCUT2D eigenvalue weighted by Crippen LogP contribution is -2.19. The third-order valence-corrected chi connectivity index (χ3v) is 5.64. The van der Waals surface area contributed by atoms with Gasteiger partial charge in [0.1, 0.15) is 0 Å². The number of benzene rings is 2. The molecule has 1 saturated carbocycles. The van der Waals surface area contributed by atoms with Crippen LogP contribution < -0.4 is 10.6 Å². The molecule has 3 aromatic rings. The summed E-state index contributed by atoms with van der Waals surface area (Å²) >= 11 is 0. The summed E-state index contributed by atoms with van der Waals surface area (Å²) in [5.74, 6) is 0.475. The van der Waals surface area contributed by atoms with Crippen molar-refractivity contribution in [1.82, 2.24) is 10.2 Å². The summed E-state index contributed by atoms with van der Waals surface area (Å²) in [6.45, 7) is 7.36. The minimum absolute atomic E-state index is 0.0924. The van der Waals surface area contributed by atoms with Crippen LogP contribution in [0.15, 0.2) is 61.2 Å². The normalized spacial score (nSPS) is 14.0. The lowest BCUT2D eigenvalue weighted by Gasteiger charge is -2.14. The molecule has 4 rings (SSSR count). The van der Waals surface area contributed by atoms with Crippen LogP contribution >= 0.6 is 0 Å². The average Bonchev–Trinajstić information content (AvgIpc) is 3.52. The molecule has 1 aliphatic rings. The van der Waals surface area contributed by atoms with Gasteiger partial charge in [-0.2, -0.15) is 5.10 Å². The highest BCUT2D eigenvalue weighted by Gasteiger charge is 2.26. The van der Waals surface area contributed by atoms with Crippen LogP contribution in [0.25, 0.3) is 11.1 Å². The Bertz CT molecular complexity index is 1140. The number of carbonyl (C=O) groups is 2. The summed E-state index contributed by atoms with van der Waals surface area (Å²) in [5, 5.41) is 12.9. The Morgan fingerprint density at radius 1 is 1.16 bits per heavy atom. The molecule has 2 amide bonds. The smallest absolute Gasteiger partial charge is 0.247 e. The monoisotopic (exact) mass is 414 g/mol. The number of amides is 2. The summed E-state index contributed by atoms with van der Waals surface area (Å²) < 4.78 is 0. The Morgan fingerprint density at radius 3 is 2.68 bits per heavy atom. The maximum Gasteiger partial charge on any atom is 0.247 e. The SMILES string of the molecule is C=CC(=O)Nc1ccc(-c2cccc(C(C)C(=O)Nc3cc(C4CC4)[nH]n3)c2)c(C)c1. The molecule has 1 aliphatic carbocycles. The number of rotatable bonds is 7. The van der Waals surface area contributed by atoms with Crippen molar-refractivity contribution in [1.29, 1.82) is 0 Å². The molecular formula is C25H26N4O2. The molecule has 0 bridgehead atoms. The van der Waals surface area contributed by atoms with E-state index in [1.54, 1.807) is 0 Å². The van der Waals surface area contributed by atoms with Gasteiger partial charge in [-0.25, -0.2) is 0 Å². The van der Waals surface area contributed by atoms with Crippen LogP contribution in [0.3, 0.4) is 0 Å². The molecule has 0 radical (unpaired) electrons. The van der Waals surface area contributed by atoms with Gasteiger partial charge in [-0.05, 0) is 67.2 Å². The van der Waals surface area contributed by atoms with E-state index in [1.165, 1.54) is 18.9 Å². The number of H-pyrrole nitrogens is 1. The van der Waals surface area contributed by atoms with E-state index in [4.69, 9.17) is 0 Å². The molecule has 1 unspecified atom stereocenters. The van der Waals surface area contributed by atoms with Crippen molar-refractivity contribution in [2.75, 3.05) is 10.6 Å². The molecule has 1 fully saturated rings. The van der Waals surface area contributed by atoms with E-state index >= 15 is 0 Å². The summed E-state index contributed by atoms with van der Waals surface area (Å²) in [4.78, 5) is 24.3. The second-order valence-corrected chi connectivity index (χ2v) is 8.04. The molecule has 3 N–H and O–H groups in total. The molecule has 1 heterocycles. The Morgan fingerprint density at radius 2 is 1.97 bits per heavy atom. The van der Waals surface area contributed by atoms with Crippen LogP contribution in [0, 0.1) is 6.92 Å². The van der Waals surface area contributed by atoms with E-state index in [-0.39, 0.29) is 17.7 Å². The minimum Gasteiger partial charge on any atom is -0.323 e. The number of carbonyl (C=O) groups excluding carboxylic acids is 2. The van der Waals surface area contributed by atoms with Crippen LogP contribution in [0.1, 0.15) is 48.4 Å². The van der Waals surface area contributed by atoms with Gasteiger partial charge in [0.25, 0.3) is 0 Å². The third kappa shape index (κ3) is 4.74. The number of anilines is 2. The fraction of sp³-hybridized carbons (Fsp3) is 0.240. The fourth-order valence-corrected chi connectivity index (χ4v) is 3.62. The van der Waals surface area contributed by atoms with E-state index in [1.807, 2.05) is 62.4 Å². The highest BCUT2D eigenvalue weighted by Crippen LogP contribution is 2.39. The lowest BCUT2D eigenvalue weighted by atomic mass is 9.93. The van der Waals surface area contributed by atoms with Gasteiger partial charge in [0.15, 0.2) is 5.82 Å². The van der Waals surface area contributed by atoms with Crippen molar-refractivity contribution in [2.24, 2.45) is 0 Å². The number of nitrogens with one attached hydrogen (secondary N) is 3. The molecule has 6 heteroatoms. The molecule has 0 spiro atoms. The first-order valence-electron chi connectivity index (χ1n) is 10.4. The minimum atomic E-state index is -0.326. The molecule has 1 atom stereocenters. The number of nitrogens with zero attached hydrogens (tertiary/aromatic N) is 1. The summed E-state index contributed by atoms with van der Waals surface area (Å²) in [6.07, 6.45) is 3.61. The second kappa shape index (κ2) is 8.60. The number of hydrogen-bond acceptors (Lipinski definition) is 3. The molecule has 0 aliphatic heterocycles. The van der Waals surface area contributed by atoms with Gasteiger partial charge in [-0.3, -0.25) is 14.7 Å². The Kier molecular flexibility index (Phi) is 5.71. The maximum atomic E-state index is 12.8. The summed E-state index contributed by atoms with van der Waals surface area (Å²) in [6, 6.07) is 15.7. The average molecular weight is 415 g/mol. The first kappa shape index (κ1) is 20.6. The molecule has 0 saturated heterocycles. The zero-order chi connectivity index (χ0) is 22.0. The molecule has 158 valence electrons. The van der Waals surface area contributed by atoms with E-state index < -0.39 is 0 Å². The van der Waals surface area contributed by atoms with Gasteiger partial charge in [-0.15, -0.1) is 0 Å². The molecule has 1 aromatic heterocycles. The van der Waals surface area contributed by atoms with Crippen LogP contribution in [0.5, 0.6) is 0 Å². The van der Waals surface area contributed by atoms with E-state index in [2.05, 4.69) is 27.4 Å². The Labute approximate surface area is 181 Å². The lowest BCUT2D eigenvalue weighted by molar-refractivity contribution is -0.117. The number of aromatic amines is 1. The van der Waals surface area contributed by atoms with Crippen molar-refractivity contribution in [3.05, 3.63) is 78.0 Å². The predicted octanol–water partition coefficient (Wildman–Crippen LogP) is 5.13. The van der Waals surface area contributed by atoms with Crippen molar-refractivity contribution in [3.63, 3.8) is 0 Å². The summed E-state index contributed by atoms with van der Waals surface area (Å²) in [7, 11) is 0. The Balaban J connectivity index is 1.49. The zero-order valence-corrected chi connectivity index (χ0v) is 17.7. The van der Waals surface area contributed by atoms with Crippen molar-refractivity contribution in [2.45, 2.75) is 38.5 Å². The first-order chi connectivity index (χ1) is 14.9. The number of aryl methyl sites for hydroxylation is 1. The van der Waals surface area contributed by atoms with Crippen molar-refractivity contribution < 1.29 is 9.59 Å². The third-order valence-electron chi connectivity index (χ3n) is 5.64. The predicted molar refractivity (Wildman–Crippen MR) is 123 cm³/mol. The first-order valence-corrected chi connectivity index (χ1v) is 10.4. The van der Waals surface area contributed by atoms with Crippen molar-refractivity contribution in [3.8, 4) is 11.1 Å². The molecule has 2 aromatic carbocycles. The van der Waals surface area contributed by atoms with Gasteiger partial charge in [0, 0.05) is 23.4 Å². The van der Waals surface area contributed by atoms with E-state index in [0.29, 0.717) is 11.7 Å². The van der Waals surface area contributed by atoms with E-state index in [9.17, 15) is 9.59 Å². The van der Waals surface area contributed by atoms with E-state index in [0.717, 1.165) is 33.6 Å².